The first kappa shape index (κ1) is 29.1. The monoisotopic (exact) mass is 540 g/mol. The first-order valence-corrected chi connectivity index (χ1v) is 12.5. The first-order chi connectivity index (χ1) is 18.6. The molecule has 3 rings (SSSR count). The van der Waals surface area contributed by atoms with E-state index in [1.54, 1.807) is 47.8 Å². The number of carbonyl (C=O) groups is 4. The van der Waals surface area contributed by atoms with Crippen LogP contribution in [-0.2, 0) is 25.4 Å². The van der Waals surface area contributed by atoms with Gasteiger partial charge in [0.2, 0.25) is 12.2 Å². The maximum Gasteiger partial charge on any atom is 0.291 e. The lowest BCUT2D eigenvalue weighted by molar-refractivity contribution is -0.105. The zero-order chi connectivity index (χ0) is 28.5. The van der Waals surface area contributed by atoms with Crippen molar-refractivity contribution in [3.05, 3.63) is 47.9 Å². The zero-order valence-corrected chi connectivity index (χ0v) is 22.7. The Balaban J connectivity index is 1.72. The van der Waals surface area contributed by atoms with E-state index in [2.05, 4.69) is 26.3 Å². The van der Waals surface area contributed by atoms with E-state index in [-0.39, 0.29) is 17.5 Å². The van der Waals surface area contributed by atoms with Gasteiger partial charge in [0.1, 0.15) is 11.4 Å². The van der Waals surface area contributed by atoms with Gasteiger partial charge in [0, 0.05) is 45.8 Å². The van der Waals surface area contributed by atoms with E-state index in [4.69, 9.17) is 5.73 Å². The van der Waals surface area contributed by atoms with E-state index in [0.29, 0.717) is 55.2 Å². The second kappa shape index (κ2) is 13.4. The highest BCUT2D eigenvalue weighted by atomic mass is 16.2. The minimum Gasteiger partial charge on any atom is -0.351 e. The van der Waals surface area contributed by atoms with Crippen LogP contribution in [0.5, 0.6) is 0 Å². The maximum atomic E-state index is 13.2. The Kier molecular flexibility index (Phi) is 10.0. The van der Waals surface area contributed by atoms with Crippen LogP contribution in [0.1, 0.15) is 44.4 Å². The van der Waals surface area contributed by atoms with Crippen LogP contribution in [0, 0.1) is 0 Å². The second-order valence-corrected chi connectivity index (χ2v) is 9.32. The van der Waals surface area contributed by atoms with Gasteiger partial charge in [-0.3, -0.25) is 19.2 Å². The molecular weight excluding hydrogens is 504 g/mol. The number of amides is 4. The third-order valence-corrected chi connectivity index (χ3v) is 5.84. The van der Waals surface area contributed by atoms with E-state index in [1.165, 1.54) is 10.8 Å². The summed E-state index contributed by atoms with van der Waals surface area (Å²) in [7, 11) is 7.31. The molecule has 39 heavy (non-hydrogen) atoms. The number of nitrogens with zero attached hydrogens (tertiary/aromatic N) is 5. The summed E-state index contributed by atoms with van der Waals surface area (Å²) in [5.74, 6) is -0.831. The normalized spacial score (nSPS) is 10.9. The molecule has 0 spiro atoms. The van der Waals surface area contributed by atoms with Crippen LogP contribution >= 0.6 is 0 Å². The molecule has 3 aromatic heterocycles. The van der Waals surface area contributed by atoms with Crippen LogP contribution in [0.2, 0.25) is 0 Å². The van der Waals surface area contributed by atoms with Gasteiger partial charge in [0.25, 0.3) is 17.7 Å². The molecule has 6 N–H and O–H groups in total. The second-order valence-electron chi connectivity index (χ2n) is 9.32. The topological polar surface area (TPSA) is 173 Å². The summed E-state index contributed by atoms with van der Waals surface area (Å²) in [5, 5.41) is 10.9. The molecule has 4 amide bonds. The Labute approximate surface area is 226 Å². The Hall–Kier alpha value is -4.43. The zero-order valence-electron chi connectivity index (χ0n) is 22.7. The molecule has 3 aromatic rings. The highest BCUT2D eigenvalue weighted by Gasteiger charge is 2.20. The van der Waals surface area contributed by atoms with E-state index < -0.39 is 11.8 Å². The van der Waals surface area contributed by atoms with Crippen LogP contribution in [0.4, 0.5) is 17.2 Å². The van der Waals surface area contributed by atoms with Crippen LogP contribution in [0.15, 0.2) is 30.7 Å². The molecule has 14 heteroatoms. The molecule has 0 bridgehead atoms. The summed E-state index contributed by atoms with van der Waals surface area (Å²) in [4.78, 5) is 55.4. The maximum absolute atomic E-state index is 13.2. The van der Waals surface area contributed by atoms with Gasteiger partial charge in [-0.15, -0.1) is 0 Å². The minimum absolute atomic E-state index is 0.0804. The van der Waals surface area contributed by atoms with Gasteiger partial charge in [-0.05, 0) is 52.2 Å². The van der Waals surface area contributed by atoms with Gasteiger partial charge in [0.15, 0.2) is 5.82 Å². The van der Waals surface area contributed by atoms with Crippen LogP contribution in [0.25, 0.3) is 0 Å². The van der Waals surface area contributed by atoms with Crippen LogP contribution < -0.4 is 27.0 Å². The van der Waals surface area contributed by atoms with Crippen molar-refractivity contribution in [1.29, 1.82) is 0 Å². The average molecular weight is 541 g/mol. The summed E-state index contributed by atoms with van der Waals surface area (Å²) < 4.78 is 4.83. The molecule has 14 nitrogen and oxygen atoms in total. The minimum atomic E-state index is -0.510. The molecule has 210 valence electrons. The summed E-state index contributed by atoms with van der Waals surface area (Å²) in [6.07, 6.45) is 6.73. The Morgan fingerprint density at radius 3 is 2.33 bits per heavy atom. The lowest BCUT2D eigenvalue weighted by Gasteiger charge is -2.10. The van der Waals surface area contributed by atoms with Gasteiger partial charge in [-0.1, -0.05) is 0 Å². The molecule has 0 aliphatic carbocycles. The van der Waals surface area contributed by atoms with Gasteiger partial charge >= 0.3 is 0 Å². The SMILES string of the molecule is CN(C)CCCNC(=O)c1cc(NC(=O)c2cc(NC(=O)c3nc(NC=O)cn3C)cn2CCCN)cn1C. The number of rotatable bonds is 14. The fraction of sp³-hybridized carbons (Fsp3) is 0.400. The molecular formula is C25H36N10O4. The van der Waals surface area contributed by atoms with Crippen LogP contribution in [0.3, 0.4) is 0 Å². The van der Waals surface area contributed by atoms with Gasteiger partial charge in [-0.25, -0.2) is 4.98 Å². The highest BCUT2D eigenvalue weighted by molar-refractivity contribution is 6.07. The Morgan fingerprint density at radius 1 is 0.949 bits per heavy atom. The standard InChI is InChI=1S/C25H36N10O4/c1-32(2)9-6-8-27-23(37)19-11-17(13-33(19)3)29-24(38)20-12-18(14-35(20)10-5-7-26)30-25(39)22-31-21(28-16-36)15-34(22)4/h11-16H,5-10,26H2,1-4H3,(H,27,37)(H,28,36)(H,29,38)(H,30,39). The quantitative estimate of drug-likeness (QED) is 0.148. The van der Waals surface area contributed by atoms with E-state index in [9.17, 15) is 19.2 Å². The molecule has 0 aliphatic rings. The van der Waals surface area contributed by atoms with Gasteiger partial charge < -0.3 is 45.6 Å². The van der Waals surface area contributed by atoms with Crippen molar-refractivity contribution in [2.45, 2.75) is 19.4 Å². The summed E-state index contributed by atoms with van der Waals surface area (Å²) in [6, 6.07) is 3.17. The van der Waals surface area contributed by atoms with Gasteiger partial charge in [-0.2, -0.15) is 0 Å². The summed E-state index contributed by atoms with van der Waals surface area (Å²) in [5.41, 5.74) is 7.24. The predicted molar refractivity (Wildman–Crippen MR) is 148 cm³/mol. The molecule has 3 heterocycles. The predicted octanol–water partition coefficient (Wildman–Crippen LogP) is 0.663. The van der Waals surface area contributed by atoms with E-state index in [0.717, 1.165) is 13.0 Å². The molecule has 0 unspecified atom stereocenters. The van der Waals surface area contributed by atoms with E-state index >= 15 is 0 Å². The van der Waals surface area contributed by atoms with Crippen molar-refractivity contribution in [3.8, 4) is 0 Å². The molecule has 0 atom stereocenters. The number of imidazole rings is 1. The molecule has 0 radical (unpaired) electrons. The van der Waals surface area contributed by atoms with Gasteiger partial charge in [0.05, 0.1) is 11.4 Å². The summed E-state index contributed by atoms with van der Waals surface area (Å²) >= 11 is 0. The lowest BCUT2D eigenvalue weighted by atomic mass is 10.3. The molecule has 0 fully saturated rings. The van der Waals surface area contributed by atoms with Crippen molar-refractivity contribution >= 4 is 41.3 Å². The number of anilines is 3. The highest BCUT2D eigenvalue weighted by Crippen LogP contribution is 2.20. The van der Waals surface area contributed by atoms with Crippen molar-refractivity contribution < 1.29 is 19.2 Å². The number of hydrogen-bond donors (Lipinski definition) is 5. The molecule has 0 saturated heterocycles. The number of nitrogens with one attached hydrogen (secondary N) is 4. The number of aromatic nitrogens is 4. The smallest absolute Gasteiger partial charge is 0.291 e. The first-order valence-electron chi connectivity index (χ1n) is 12.5. The number of nitrogens with two attached hydrogens (primary N) is 1. The largest absolute Gasteiger partial charge is 0.351 e. The lowest BCUT2D eigenvalue weighted by Crippen LogP contribution is -2.28. The molecule has 0 aromatic carbocycles. The number of aryl methyl sites for hydroxylation is 3. The van der Waals surface area contributed by atoms with Crippen molar-refractivity contribution in [3.63, 3.8) is 0 Å². The molecule has 0 aliphatic heterocycles. The fourth-order valence-electron chi connectivity index (χ4n) is 3.95. The van der Waals surface area contributed by atoms with E-state index in [1.807, 2.05) is 19.0 Å². The Morgan fingerprint density at radius 2 is 1.64 bits per heavy atom. The third kappa shape index (κ3) is 7.78. The third-order valence-electron chi connectivity index (χ3n) is 5.84. The van der Waals surface area contributed by atoms with Crippen molar-refractivity contribution in [1.82, 2.24) is 28.9 Å². The van der Waals surface area contributed by atoms with Crippen LogP contribution in [-0.4, -0.2) is 81.4 Å². The average Bonchev–Trinajstić information content (AvgIpc) is 3.56. The fourth-order valence-corrected chi connectivity index (χ4v) is 3.95. The molecule has 0 saturated carbocycles. The number of hydrogen-bond acceptors (Lipinski definition) is 7. The van der Waals surface area contributed by atoms with Crippen molar-refractivity contribution in [2.24, 2.45) is 19.8 Å². The number of carbonyl (C=O) groups excluding carboxylic acids is 4. The van der Waals surface area contributed by atoms with Crippen molar-refractivity contribution in [2.75, 3.05) is 49.7 Å². The summed E-state index contributed by atoms with van der Waals surface area (Å²) in [6.45, 7) is 2.29. The Bertz CT molecular complexity index is 1320.